The molecule has 0 spiro atoms. The highest BCUT2D eigenvalue weighted by molar-refractivity contribution is 5.47. The van der Waals surface area contributed by atoms with Crippen molar-refractivity contribution in [1.29, 1.82) is 0 Å². The Morgan fingerprint density at radius 1 is 0.905 bits per heavy atom. The largest absolute Gasteiger partial charge is 0.416 e. The van der Waals surface area contributed by atoms with Crippen LogP contribution in [0.1, 0.15) is 35.2 Å². The highest BCUT2D eigenvalue weighted by atomic mass is 19.4. The third-order valence-electron chi connectivity index (χ3n) is 3.34. The maximum Gasteiger partial charge on any atom is 0.416 e. The number of alkyl halides is 3. The van der Waals surface area contributed by atoms with E-state index in [4.69, 9.17) is 0 Å². The number of hydrogen-bond donors (Lipinski definition) is 1. The summed E-state index contributed by atoms with van der Waals surface area (Å²) in [6.45, 7) is 6.05. The molecule has 0 fully saturated rings. The average molecular weight is 293 g/mol. The van der Waals surface area contributed by atoms with E-state index in [0.29, 0.717) is 5.69 Å². The summed E-state index contributed by atoms with van der Waals surface area (Å²) in [5.74, 6) is 0. The summed E-state index contributed by atoms with van der Waals surface area (Å²) < 4.78 is 37.5. The van der Waals surface area contributed by atoms with E-state index in [1.54, 1.807) is 0 Å². The van der Waals surface area contributed by atoms with Gasteiger partial charge in [0.05, 0.1) is 5.56 Å². The molecule has 0 saturated carbocycles. The van der Waals surface area contributed by atoms with Gasteiger partial charge >= 0.3 is 6.18 Å². The fourth-order valence-corrected chi connectivity index (χ4v) is 2.35. The molecule has 0 bridgehead atoms. The van der Waals surface area contributed by atoms with Crippen molar-refractivity contribution in [3.63, 3.8) is 0 Å². The third kappa shape index (κ3) is 4.00. The van der Waals surface area contributed by atoms with E-state index in [2.05, 4.69) is 23.5 Å². The lowest BCUT2D eigenvalue weighted by Gasteiger charge is -2.17. The molecule has 21 heavy (non-hydrogen) atoms. The molecule has 4 heteroatoms. The van der Waals surface area contributed by atoms with Crippen LogP contribution in [-0.2, 0) is 6.18 Å². The van der Waals surface area contributed by atoms with Gasteiger partial charge < -0.3 is 5.32 Å². The van der Waals surface area contributed by atoms with Gasteiger partial charge in [0, 0.05) is 11.7 Å². The zero-order valence-corrected chi connectivity index (χ0v) is 12.3. The molecule has 0 aliphatic carbocycles. The second-order valence-corrected chi connectivity index (χ2v) is 5.36. The topological polar surface area (TPSA) is 12.0 Å². The van der Waals surface area contributed by atoms with Crippen LogP contribution in [0.15, 0.2) is 42.5 Å². The first kappa shape index (κ1) is 15.4. The van der Waals surface area contributed by atoms with Gasteiger partial charge in [-0.2, -0.15) is 13.2 Å². The molecule has 112 valence electrons. The summed E-state index contributed by atoms with van der Waals surface area (Å²) in [6.07, 6.45) is -4.29. The first-order chi connectivity index (χ1) is 9.75. The number of halogens is 3. The first-order valence-corrected chi connectivity index (χ1v) is 6.78. The fraction of sp³-hybridized carbons (Fsp3) is 0.294. The summed E-state index contributed by atoms with van der Waals surface area (Å²) in [6, 6.07) is 11.4. The SMILES string of the molecule is Cc1cc(C)cc(C(C)Nc2ccc(C(F)(F)F)cc2)c1. The molecule has 0 aromatic heterocycles. The molecule has 0 saturated heterocycles. The maximum absolute atomic E-state index is 12.5. The van der Waals surface area contributed by atoms with Crippen molar-refractivity contribution in [2.24, 2.45) is 0 Å². The van der Waals surface area contributed by atoms with E-state index in [-0.39, 0.29) is 6.04 Å². The van der Waals surface area contributed by atoms with Crippen molar-refractivity contribution in [2.45, 2.75) is 33.0 Å². The second kappa shape index (κ2) is 5.80. The summed E-state index contributed by atoms with van der Waals surface area (Å²) in [4.78, 5) is 0. The zero-order valence-electron chi connectivity index (χ0n) is 12.3. The van der Waals surface area contributed by atoms with Crippen molar-refractivity contribution in [1.82, 2.24) is 0 Å². The predicted molar refractivity (Wildman–Crippen MR) is 79.4 cm³/mol. The van der Waals surface area contributed by atoms with Crippen LogP contribution in [0.5, 0.6) is 0 Å². The van der Waals surface area contributed by atoms with E-state index >= 15 is 0 Å². The molecule has 0 aliphatic rings. The van der Waals surface area contributed by atoms with Crippen LogP contribution in [-0.4, -0.2) is 0 Å². The molecule has 2 rings (SSSR count). The second-order valence-electron chi connectivity index (χ2n) is 5.36. The van der Waals surface area contributed by atoms with E-state index < -0.39 is 11.7 Å². The van der Waals surface area contributed by atoms with Gasteiger partial charge in [-0.3, -0.25) is 0 Å². The molecule has 1 atom stereocenters. The van der Waals surface area contributed by atoms with Crippen LogP contribution in [0.3, 0.4) is 0 Å². The summed E-state index contributed by atoms with van der Waals surface area (Å²) in [5, 5.41) is 3.22. The number of anilines is 1. The van der Waals surface area contributed by atoms with Crippen molar-refractivity contribution in [3.05, 3.63) is 64.7 Å². The Labute approximate surface area is 122 Å². The van der Waals surface area contributed by atoms with E-state index in [1.807, 2.05) is 20.8 Å². The lowest BCUT2D eigenvalue weighted by molar-refractivity contribution is -0.137. The highest BCUT2D eigenvalue weighted by Gasteiger charge is 2.29. The highest BCUT2D eigenvalue weighted by Crippen LogP contribution is 2.30. The van der Waals surface area contributed by atoms with Gasteiger partial charge in [0.25, 0.3) is 0 Å². The van der Waals surface area contributed by atoms with Crippen molar-refractivity contribution >= 4 is 5.69 Å². The van der Waals surface area contributed by atoms with Crippen molar-refractivity contribution in [3.8, 4) is 0 Å². The molecular formula is C17H18F3N. The van der Waals surface area contributed by atoms with Gasteiger partial charge in [-0.25, -0.2) is 0 Å². The minimum Gasteiger partial charge on any atom is -0.379 e. The molecule has 1 nitrogen and oxygen atoms in total. The Hall–Kier alpha value is -1.97. The quantitative estimate of drug-likeness (QED) is 0.788. The minimum absolute atomic E-state index is 0.0281. The Kier molecular flexibility index (Phi) is 4.26. The number of aryl methyl sites for hydroxylation is 2. The molecule has 0 heterocycles. The molecule has 0 aliphatic heterocycles. The van der Waals surface area contributed by atoms with Crippen LogP contribution in [0.4, 0.5) is 18.9 Å². The number of rotatable bonds is 3. The number of hydrogen-bond acceptors (Lipinski definition) is 1. The molecule has 0 amide bonds. The van der Waals surface area contributed by atoms with Gasteiger partial charge in [0.15, 0.2) is 0 Å². The van der Waals surface area contributed by atoms with Crippen LogP contribution < -0.4 is 5.32 Å². The van der Waals surface area contributed by atoms with Crippen LogP contribution in [0, 0.1) is 13.8 Å². The first-order valence-electron chi connectivity index (χ1n) is 6.78. The third-order valence-corrected chi connectivity index (χ3v) is 3.34. The van der Waals surface area contributed by atoms with Crippen molar-refractivity contribution < 1.29 is 13.2 Å². The Bertz CT molecular complexity index is 595. The van der Waals surface area contributed by atoms with Gasteiger partial charge in [-0.15, -0.1) is 0 Å². The van der Waals surface area contributed by atoms with Crippen LogP contribution >= 0.6 is 0 Å². The number of nitrogens with one attached hydrogen (secondary N) is 1. The smallest absolute Gasteiger partial charge is 0.379 e. The van der Waals surface area contributed by atoms with Gasteiger partial charge in [-0.05, 0) is 50.6 Å². The maximum atomic E-state index is 12.5. The van der Waals surface area contributed by atoms with Crippen LogP contribution in [0.2, 0.25) is 0 Å². The molecule has 1 unspecified atom stereocenters. The minimum atomic E-state index is -4.29. The van der Waals surface area contributed by atoms with Gasteiger partial charge in [0.1, 0.15) is 0 Å². The molecule has 0 radical (unpaired) electrons. The molecule has 2 aromatic rings. The number of benzene rings is 2. The van der Waals surface area contributed by atoms with E-state index in [9.17, 15) is 13.2 Å². The van der Waals surface area contributed by atoms with E-state index in [0.717, 1.165) is 17.7 Å². The average Bonchev–Trinajstić information content (AvgIpc) is 2.37. The monoisotopic (exact) mass is 293 g/mol. The Morgan fingerprint density at radius 2 is 1.43 bits per heavy atom. The predicted octanol–water partition coefficient (Wildman–Crippen LogP) is 5.50. The summed E-state index contributed by atoms with van der Waals surface area (Å²) >= 11 is 0. The van der Waals surface area contributed by atoms with E-state index in [1.165, 1.54) is 23.3 Å². The van der Waals surface area contributed by atoms with Gasteiger partial charge in [-0.1, -0.05) is 29.3 Å². The van der Waals surface area contributed by atoms with Crippen LogP contribution in [0.25, 0.3) is 0 Å². The standard InChI is InChI=1S/C17H18F3N/c1-11-8-12(2)10-14(9-11)13(3)21-16-6-4-15(5-7-16)17(18,19)20/h4-10,13,21H,1-3H3. The molecule has 1 N–H and O–H groups in total. The lowest BCUT2D eigenvalue weighted by Crippen LogP contribution is -2.08. The Balaban J connectivity index is 2.14. The summed E-state index contributed by atoms with van der Waals surface area (Å²) in [5.41, 5.74) is 3.51. The Morgan fingerprint density at radius 3 is 1.90 bits per heavy atom. The normalized spacial score (nSPS) is 13.0. The summed E-state index contributed by atoms with van der Waals surface area (Å²) in [7, 11) is 0. The van der Waals surface area contributed by atoms with Gasteiger partial charge in [0.2, 0.25) is 0 Å². The molecule has 2 aromatic carbocycles. The lowest BCUT2D eigenvalue weighted by atomic mass is 10.0. The fourth-order valence-electron chi connectivity index (χ4n) is 2.35. The van der Waals surface area contributed by atoms with Crippen molar-refractivity contribution in [2.75, 3.05) is 5.32 Å². The molecular weight excluding hydrogens is 275 g/mol. The zero-order chi connectivity index (χ0) is 15.6.